The lowest BCUT2D eigenvalue weighted by Crippen LogP contribution is -2.48. The quantitative estimate of drug-likeness (QED) is 0.512. The number of hydrogen-bond donors (Lipinski definition) is 0. The van der Waals surface area contributed by atoms with Gasteiger partial charge < -0.3 is 9.75 Å². The molecule has 0 radical (unpaired) electrons. The van der Waals surface area contributed by atoms with Gasteiger partial charge in [0.2, 0.25) is 4.80 Å². The van der Waals surface area contributed by atoms with Gasteiger partial charge in [-0.05, 0) is 24.3 Å². The normalized spacial score (nSPS) is 15.1. The van der Waals surface area contributed by atoms with E-state index in [1.54, 1.807) is 23.5 Å². The zero-order valence-corrected chi connectivity index (χ0v) is 15.3. The summed E-state index contributed by atoms with van der Waals surface area (Å²) in [4.78, 5) is 16.2. The molecule has 0 N–H and O–H groups in total. The number of aromatic nitrogens is 1. The van der Waals surface area contributed by atoms with Crippen LogP contribution in [0.25, 0.3) is 11.3 Å². The number of para-hydroxylation sites is 1. The van der Waals surface area contributed by atoms with E-state index >= 15 is 0 Å². The van der Waals surface area contributed by atoms with Gasteiger partial charge in [-0.15, -0.1) is 11.3 Å². The summed E-state index contributed by atoms with van der Waals surface area (Å²) >= 11 is 1.55. The lowest BCUT2D eigenvalue weighted by atomic mass is 10.1. The molecule has 2 heterocycles. The molecule has 1 aliphatic rings. The molecule has 2 aromatic carbocycles. The zero-order chi connectivity index (χ0) is 18.6. The Labute approximate surface area is 159 Å². The monoisotopic (exact) mass is 382 g/mol. The molecule has 0 amide bonds. The number of nitrogens with zero attached hydrogens (tertiary/aromatic N) is 4. The minimum absolute atomic E-state index is 0.0844. The summed E-state index contributed by atoms with van der Waals surface area (Å²) < 4.78 is 7.58. The number of morpholine rings is 1. The van der Waals surface area contributed by atoms with E-state index < -0.39 is 0 Å². The second-order valence-electron chi connectivity index (χ2n) is 6.03. The summed E-state index contributed by atoms with van der Waals surface area (Å²) in [5.41, 5.74) is 2.85. The van der Waals surface area contributed by atoms with Crippen LogP contribution in [-0.2, 0) is 4.74 Å². The fraction of sp³-hybridized carbons (Fsp3) is 0.211. The fourth-order valence-electron chi connectivity index (χ4n) is 2.97. The van der Waals surface area contributed by atoms with Gasteiger partial charge in [0.25, 0.3) is 5.69 Å². The fourth-order valence-corrected chi connectivity index (χ4v) is 3.89. The van der Waals surface area contributed by atoms with Crippen molar-refractivity contribution in [3.63, 3.8) is 0 Å². The third-order valence-electron chi connectivity index (χ3n) is 4.31. The molecule has 1 aliphatic heterocycles. The van der Waals surface area contributed by atoms with Crippen LogP contribution < -0.4 is 9.81 Å². The number of thiazole rings is 1. The predicted molar refractivity (Wildman–Crippen MR) is 105 cm³/mol. The summed E-state index contributed by atoms with van der Waals surface area (Å²) in [6.07, 6.45) is 0. The van der Waals surface area contributed by atoms with E-state index in [2.05, 4.69) is 9.69 Å². The lowest BCUT2D eigenvalue weighted by Gasteiger charge is -2.31. The highest BCUT2D eigenvalue weighted by Crippen LogP contribution is 2.24. The number of rotatable bonds is 4. The van der Waals surface area contributed by atoms with Gasteiger partial charge in [-0.3, -0.25) is 10.1 Å². The molecular weight excluding hydrogens is 364 g/mol. The summed E-state index contributed by atoms with van der Waals surface area (Å²) in [5.74, 6) is 0. The van der Waals surface area contributed by atoms with Gasteiger partial charge in [0.1, 0.15) is 0 Å². The first kappa shape index (κ1) is 17.4. The highest BCUT2D eigenvalue weighted by Gasteiger charge is 2.18. The first-order chi connectivity index (χ1) is 13.2. The Morgan fingerprint density at radius 1 is 1.04 bits per heavy atom. The molecule has 1 aromatic heterocycles. The van der Waals surface area contributed by atoms with Crippen LogP contribution in [0.5, 0.6) is 0 Å². The van der Waals surface area contributed by atoms with Gasteiger partial charge in [0.05, 0.1) is 42.6 Å². The van der Waals surface area contributed by atoms with Gasteiger partial charge >= 0.3 is 0 Å². The standard InChI is InChI=1S/C19H18N4O3S/c24-23(25)17-8-6-15(7-9-17)18-14-27-19(20-16-4-2-1-3-5-16)22(18)21-10-12-26-13-11-21/h1-9,14H,10-13H2. The van der Waals surface area contributed by atoms with Gasteiger partial charge in [-0.2, -0.15) is 0 Å². The first-order valence-corrected chi connectivity index (χ1v) is 9.48. The minimum atomic E-state index is -0.385. The Morgan fingerprint density at radius 3 is 2.41 bits per heavy atom. The van der Waals surface area contributed by atoms with E-state index in [0.717, 1.165) is 34.8 Å². The minimum Gasteiger partial charge on any atom is -0.378 e. The Morgan fingerprint density at radius 2 is 1.74 bits per heavy atom. The lowest BCUT2D eigenvalue weighted by molar-refractivity contribution is -0.384. The maximum absolute atomic E-state index is 10.9. The van der Waals surface area contributed by atoms with Crippen LogP contribution in [-0.4, -0.2) is 35.9 Å². The SMILES string of the molecule is O=[N+]([O-])c1ccc(-c2csc(=Nc3ccccc3)n2N2CCOCC2)cc1. The molecule has 0 bridgehead atoms. The first-order valence-electron chi connectivity index (χ1n) is 8.60. The summed E-state index contributed by atoms with van der Waals surface area (Å²) in [7, 11) is 0. The number of nitro groups is 1. The molecule has 138 valence electrons. The average molecular weight is 382 g/mol. The van der Waals surface area contributed by atoms with Gasteiger partial charge in [0, 0.05) is 23.1 Å². The molecule has 0 spiro atoms. The van der Waals surface area contributed by atoms with Gasteiger partial charge in [-0.1, -0.05) is 18.2 Å². The van der Waals surface area contributed by atoms with Crippen molar-refractivity contribution >= 4 is 22.7 Å². The number of ether oxygens (including phenoxy) is 1. The van der Waals surface area contributed by atoms with Crippen molar-refractivity contribution in [3.8, 4) is 11.3 Å². The van der Waals surface area contributed by atoms with Crippen LogP contribution >= 0.6 is 11.3 Å². The van der Waals surface area contributed by atoms with Crippen molar-refractivity contribution in [3.05, 3.63) is 74.9 Å². The smallest absolute Gasteiger partial charge is 0.269 e. The van der Waals surface area contributed by atoms with Gasteiger partial charge in [0.15, 0.2) is 0 Å². The molecule has 0 atom stereocenters. The van der Waals surface area contributed by atoms with Crippen LogP contribution in [0.2, 0.25) is 0 Å². The Balaban J connectivity index is 1.81. The summed E-state index contributed by atoms with van der Waals surface area (Å²) in [6.45, 7) is 2.85. The number of nitro benzene ring substituents is 1. The van der Waals surface area contributed by atoms with Crippen molar-refractivity contribution in [1.82, 2.24) is 4.68 Å². The summed E-state index contributed by atoms with van der Waals surface area (Å²) in [5, 5.41) is 15.2. The Hall–Kier alpha value is -2.97. The van der Waals surface area contributed by atoms with Crippen molar-refractivity contribution < 1.29 is 9.66 Å². The van der Waals surface area contributed by atoms with E-state index in [1.807, 2.05) is 35.7 Å². The van der Waals surface area contributed by atoms with Crippen LogP contribution in [0.15, 0.2) is 65.0 Å². The van der Waals surface area contributed by atoms with E-state index in [1.165, 1.54) is 12.1 Å². The number of non-ortho nitro benzene ring substituents is 1. The number of benzene rings is 2. The molecule has 0 saturated carbocycles. The van der Waals surface area contributed by atoms with E-state index in [9.17, 15) is 10.1 Å². The second-order valence-corrected chi connectivity index (χ2v) is 6.87. The molecule has 1 saturated heterocycles. The predicted octanol–water partition coefficient (Wildman–Crippen LogP) is 3.33. The second kappa shape index (κ2) is 7.73. The highest BCUT2D eigenvalue weighted by molar-refractivity contribution is 7.07. The zero-order valence-electron chi connectivity index (χ0n) is 14.5. The highest BCUT2D eigenvalue weighted by atomic mass is 32.1. The molecule has 3 aromatic rings. The maximum atomic E-state index is 10.9. The molecule has 27 heavy (non-hydrogen) atoms. The van der Waals surface area contributed by atoms with E-state index in [0.29, 0.717) is 13.2 Å². The van der Waals surface area contributed by atoms with E-state index in [4.69, 9.17) is 9.73 Å². The van der Waals surface area contributed by atoms with Crippen molar-refractivity contribution in [2.75, 3.05) is 31.3 Å². The van der Waals surface area contributed by atoms with Crippen LogP contribution in [0.3, 0.4) is 0 Å². The van der Waals surface area contributed by atoms with Crippen LogP contribution in [0.4, 0.5) is 11.4 Å². The van der Waals surface area contributed by atoms with Crippen LogP contribution in [0, 0.1) is 10.1 Å². The molecule has 7 nitrogen and oxygen atoms in total. The molecule has 0 aliphatic carbocycles. The number of hydrogen-bond acceptors (Lipinski definition) is 6. The molecule has 0 unspecified atom stereocenters. The average Bonchev–Trinajstić information content (AvgIpc) is 3.13. The van der Waals surface area contributed by atoms with Crippen molar-refractivity contribution in [2.24, 2.45) is 4.99 Å². The topological polar surface area (TPSA) is 72.9 Å². The van der Waals surface area contributed by atoms with Gasteiger partial charge in [-0.25, -0.2) is 9.67 Å². The molecule has 1 fully saturated rings. The third kappa shape index (κ3) is 3.76. The van der Waals surface area contributed by atoms with Crippen LogP contribution in [0.1, 0.15) is 0 Å². The Bertz CT molecular complexity index is 990. The third-order valence-corrected chi connectivity index (χ3v) is 5.13. The largest absolute Gasteiger partial charge is 0.378 e. The van der Waals surface area contributed by atoms with E-state index in [-0.39, 0.29) is 10.6 Å². The maximum Gasteiger partial charge on any atom is 0.269 e. The molecule has 8 heteroatoms. The van der Waals surface area contributed by atoms with Crippen molar-refractivity contribution in [1.29, 1.82) is 0 Å². The molecular formula is C19H18N4O3S. The molecule has 4 rings (SSSR count). The Kier molecular flexibility index (Phi) is 4.99. The van der Waals surface area contributed by atoms with Crippen molar-refractivity contribution in [2.45, 2.75) is 0 Å². The summed E-state index contributed by atoms with van der Waals surface area (Å²) in [6, 6.07) is 16.4.